The van der Waals surface area contributed by atoms with Crippen LogP contribution in [0.4, 0.5) is 0 Å². The molecule has 0 aliphatic carbocycles. The Morgan fingerprint density at radius 3 is 2.26 bits per heavy atom. The van der Waals surface area contributed by atoms with Crippen LogP contribution >= 0.6 is 35.4 Å². The van der Waals surface area contributed by atoms with Crippen molar-refractivity contribution in [2.75, 3.05) is 26.2 Å². The average Bonchev–Trinajstić information content (AvgIpc) is 2.38. The van der Waals surface area contributed by atoms with Gasteiger partial charge in [-0.2, -0.15) is 0 Å². The lowest BCUT2D eigenvalue weighted by Crippen LogP contribution is -2.49. The first-order valence-corrected chi connectivity index (χ1v) is 7.15. The average molecular weight is 317 g/mol. The molecule has 0 atom stereocenters. The summed E-state index contributed by atoms with van der Waals surface area (Å²) >= 11 is 17.5. The Bertz CT molecular complexity index is 513. The van der Waals surface area contributed by atoms with E-state index in [0.717, 1.165) is 18.7 Å². The van der Waals surface area contributed by atoms with E-state index >= 15 is 0 Å². The van der Waals surface area contributed by atoms with Crippen molar-refractivity contribution in [2.24, 2.45) is 0 Å². The molecule has 2 rings (SSSR count). The molecule has 0 aromatic heterocycles. The third-order valence-corrected chi connectivity index (χ3v) is 4.20. The van der Waals surface area contributed by atoms with Crippen LogP contribution in [0.15, 0.2) is 18.2 Å². The summed E-state index contributed by atoms with van der Waals surface area (Å²) in [6, 6.07) is 5.31. The minimum absolute atomic E-state index is 0.107. The molecular weight excluding hydrogens is 303 g/mol. The Hall–Kier alpha value is -0.840. The number of carbonyl (C=O) groups is 1. The van der Waals surface area contributed by atoms with Crippen molar-refractivity contribution in [2.45, 2.75) is 6.92 Å². The van der Waals surface area contributed by atoms with Gasteiger partial charge in [-0.3, -0.25) is 4.79 Å². The Morgan fingerprint density at radius 2 is 1.74 bits per heavy atom. The molecule has 0 saturated carbocycles. The summed E-state index contributed by atoms with van der Waals surface area (Å²) in [7, 11) is 0. The molecule has 3 nitrogen and oxygen atoms in total. The second-order valence-electron chi connectivity index (χ2n) is 4.42. The van der Waals surface area contributed by atoms with Crippen molar-refractivity contribution in [3.8, 4) is 0 Å². The molecule has 102 valence electrons. The van der Waals surface area contributed by atoms with E-state index in [1.165, 1.54) is 0 Å². The fourth-order valence-corrected chi connectivity index (χ4v) is 2.97. The van der Waals surface area contributed by atoms with Gasteiger partial charge in [-0.15, -0.1) is 0 Å². The summed E-state index contributed by atoms with van der Waals surface area (Å²) in [5.74, 6) is 0.107. The molecule has 1 heterocycles. The van der Waals surface area contributed by atoms with Crippen molar-refractivity contribution >= 4 is 46.3 Å². The molecule has 19 heavy (non-hydrogen) atoms. The second kappa shape index (κ2) is 6.07. The maximum absolute atomic E-state index is 11.3. The second-order valence-corrected chi connectivity index (χ2v) is 5.65. The summed E-state index contributed by atoms with van der Waals surface area (Å²) in [6.45, 7) is 4.44. The zero-order valence-electron chi connectivity index (χ0n) is 10.5. The van der Waals surface area contributed by atoms with E-state index < -0.39 is 0 Å². The predicted octanol–water partition coefficient (Wildman–Crippen LogP) is 2.83. The summed E-state index contributed by atoms with van der Waals surface area (Å²) in [5.41, 5.74) is 0.817. The van der Waals surface area contributed by atoms with Gasteiger partial charge in [-0.25, -0.2) is 0 Å². The van der Waals surface area contributed by atoms with E-state index in [1.54, 1.807) is 19.1 Å². The SMILES string of the molecule is CC(=O)N1CCN(C(=S)c2ccc(Cl)cc2Cl)CC1. The van der Waals surface area contributed by atoms with Gasteiger partial charge in [0.05, 0.1) is 5.02 Å². The topological polar surface area (TPSA) is 23.6 Å². The molecule has 0 spiro atoms. The molecular formula is C13H14Cl2N2OS. The smallest absolute Gasteiger partial charge is 0.219 e. The van der Waals surface area contributed by atoms with Gasteiger partial charge in [0, 0.05) is 43.7 Å². The van der Waals surface area contributed by atoms with E-state index in [4.69, 9.17) is 35.4 Å². The van der Waals surface area contributed by atoms with Gasteiger partial charge in [-0.1, -0.05) is 35.4 Å². The lowest BCUT2D eigenvalue weighted by molar-refractivity contribution is -0.130. The van der Waals surface area contributed by atoms with Gasteiger partial charge < -0.3 is 9.80 Å². The van der Waals surface area contributed by atoms with Crippen LogP contribution in [0.3, 0.4) is 0 Å². The van der Waals surface area contributed by atoms with Crippen LogP contribution < -0.4 is 0 Å². The number of carbonyl (C=O) groups excluding carboxylic acids is 1. The monoisotopic (exact) mass is 316 g/mol. The van der Waals surface area contributed by atoms with Crippen LogP contribution in [-0.4, -0.2) is 46.9 Å². The lowest BCUT2D eigenvalue weighted by atomic mass is 10.2. The van der Waals surface area contributed by atoms with Crippen LogP contribution in [0.2, 0.25) is 10.0 Å². The number of amides is 1. The Kier molecular flexibility index (Phi) is 4.66. The molecule has 0 radical (unpaired) electrons. The first kappa shape index (κ1) is 14.6. The fraction of sp³-hybridized carbons (Fsp3) is 0.385. The van der Waals surface area contributed by atoms with E-state index in [1.807, 2.05) is 11.0 Å². The minimum Gasteiger partial charge on any atom is -0.359 e. The number of nitrogens with zero attached hydrogens (tertiary/aromatic N) is 2. The highest BCUT2D eigenvalue weighted by atomic mass is 35.5. The van der Waals surface area contributed by atoms with Gasteiger partial charge in [-0.05, 0) is 18.2 Å². The molecule has 1 aliphatic rings. The van der Waals surface area contributed by atoms with Gasteiger partial charge in [0.1, 0.15) is 4.99 Å². The van der Waals surface area contributed by atoms with Gasteiger partial charge in [0.2, 0.25) is 5.91 Å². The normalized spacial score (nSPS) is 15.5. The van der Waals surface area contributed by atoms with Crippen molar-refractivity contribution in [3.05, 3.63) is 33.8 Å². The van der Waals surface area contributed by atoms with Crippen LogP contribution in [-0.2, 0) is 4.79 Å². The van der Waals surface area contributed by atoms with Gasteiger partial charge in [0.25, 0.3) is 0 Å². The summed E-state index contributed by atoms with van der Waals surface area (Å²) in [5, 5.41) is 1.16. The third-order valence-electron chi connectivity index (χ3n) is 3.17. The van der Waals surface area contributed by atoms with Crippen LogP contribution in [0, 0.1) is 0 Å². The van der Waals surface area contributed by atoms with Crippen LogP contribution in [0.1, 0.15) is 12.5 Å². The zero-order chi connectivity index (χ0) is 14.0. The third kappa shape index (κ3) is 3.38. The van der Waals surface area contributed by atoms with E-state index in [2.05, 4.69) is 4.90 Å². The van der Waals surface area contributed by atoms with Gasteiger partial charge >= 0.3 is 0 Å². The highest BCUT2D eigenvalue weighted by molar-refractivity contribution is 7.80. The Labute approximate surface area is 128 Å². The molecule has 1 fully saturated rings. The number of piperazine rings is 1. The largest absolute Gasteiger partial charge is 0.359 e. The van der Waals surface area contributed by atoms with Crippen LogP contribution in [0.25, 0.3) is 0 Å². The highest BCUT2D eigenvalue weighted by Crippen LogP contribution is 2.23. The molecule has 1 aromatic rings. The molecule has 1 amide bonds. The maximum Gasteiger partial charge on any atom is 0.219 e. The molecule has 1 aliphatic heterocycles. The number of rotatable bonds is 1. The predicted molar refractivity (Wildman–Crippen MR) is 82.0 cm³/mol. The molecule has 6 heteroatoms. The number of hydrogen-bond acceptors (Lipinski definition) is 2. The summed E-state index contributed by atoms with van der Waals surface area (Å²) in [4.78, 5) is 15.9. The first-order valence-electron chi connectivity index (χ1n) is 5.99. The number of thiocarbonyl (C=S) groups is 1. The molecule has 1 aromatic carbocycles. The summed E-state index contributed by atoms with van der Waals surface area (Å²) in [6.07, 6.45) is 0. The standard InChI is InChI=1S/C13H14Cl2N2OS/c1-9(18)16-4-6-17(7-5-16)13(19)11-3-2-10(14)8-12(11)15/h2-3,8H,4-7H2,1H3. The van der Waals surface area contributed by atoms with Crippen molar-refractivity contribution < 1.29 is 4.79 Å². The molecule has 0 N–H and O–H groups in total. The van der Waals surface area contributed by atoms with Gasteiger partial charge in [0.15, 0.2) is 0 Å². The Morgan fingerprint density at radius 1 is 1.16 bits per heavy atom. The quantitative estimate of drug-likeness (QED) is 0.744. The highest BCUT2D eigenvalue weighted by Gasteiger charge is 2.22. The summed E-state index contributed by atoms with van der Waals surface area (Å²) < 4.78 is 0. The zero-order valence-corrected chi connectivity index (χ0v) is 12.9. The fourth-order valence-electron chi connectivity index (χ4n) is 2.06. The van der Waals surface area contributed by atoms with Crippen molar-refractivity contribution in [1.82, 2.24) is 9.80 Å². The van der Waals surface area contributed by atoms with Crippen molar-refractivity contribution in [3.63, 3.8) is 0 Å². The van der Waals surface area contributed by atoms with E-state index in [9.17, 15) is 4.79 Å². The van der Waals surface area contributed by atoms with E-state index in [-0.39, 0.29) is 5.91 Å². The number of hydrogen-bond donors (Lipinski definition) is 0. The molecule has 1 saturated heterocycles. The minimum atomic E-state index is 0.107. The molecule has 0 bridgehead atoms. The van der Waals surface area contributed by atoms with Crippen molar-refractivity contribution in [1.29, 1.82) is 0 Å². The first-order chi connectivity index (χ1) is 8.99. The Balaban J connectivity index is 2.07. The number of halogens is 2. The number of benzene rings is 1. The van der Waals surface area contributed by atoms with Crippen LogP contribution in [0.5, 0.6) is 0 Å². The lowest BCUT2D eigenvalue weighted by Gasteiger charge is -2.36. The maximum atomic E-state index is 11.3. The molecule has 0 unspecified atom stereocenters. The van der Waals surface area contributed by atoms with E-state index in [0.29, 0.717) is 28.1 Å².